The average Bonchev–Trinajstić information content (AvgIpc) is 1.57. The van der Waals surface area contributed by atoms with Crippen molar-refractivity contribution in [3.8, 4) is 146 Å². The first kappa shape index (κ1) is 76.2. The van der Waals surface area contributed by atoms with Crippen LogP contribution in [0.15, 0.2) is 485 Å². The van der Waals surface area contributed by atoms with Crippen LogP contribution in [0, 0.1) is 0 Å². The van der Waals surface area contributed by atoms with Gasteiger partial charge in [0.2, 0.25) is 0 Å². The molecule has 19 aromatic carbocycles. The van der Waals surface area contributed by atoms with Crippen LogP contribution >= 0.6 is 0 Å². The van der Waals surface area contributed by atoms with E-state index in [0.29, 0.717) is 11.6 Å². The van der Waals surface area contributed by atoms with Crippen LogP contribution < -0.4 is 0 Å². The SMILES string of the molecule is c1ccc(-c2ccc(-c3cc(-c4ccc(-c5ccccc5)cc4)nc(-c4cc(-c5ccccc5)cc(-n5c6ccccc6c6cc(-n7c8ccccc8c8ccccc87)ccc65)c4)n3)cc2)cc1.c1ccc(-c2cccc(-c3cc(-c4ccccc4)nc(-c4cc(-c5ccccc5)cc(-n5c6ccccc6c6cc(-n7c8ccccc8c8ccccc87)ccc65)c4)n3)c2)cc1. The Bertz CT molecular complexity index is 8410. The fraction of sp³-hybridized carbons (Fsp3) is 0. The quantitative estimate of drug-likeness (QED) is 0.103. The summed E-state index contributed by atoms with van der Waals surface area (Å²) in [5.41, 5.74) is 34.5. The molecule has 0 aliphatic heterocycles. The lowest BCUT2D eigenvalue weighted by molar-refractivity contribution is 1.15. The van der Waals surface area contributed by atoms with Crippen LogP contribution in [0.3, 0.4) is 0 Å². The van der Waals surface area contributed by atoms with Crippen molar-refractivity contribution in [2.45, 2.75) is 0 Å². The largest absolute Gasteiger partial charge is 0.309 e. The van der Waals surface area contributed by atoms with Crippen LogP contribution in [-0.4, -0.2) is 38.2 Å². The highest BCUT2D eigenvalue weighted by molar-refractivity contribution is 6.15. The molecule has 0 radical (unpaired) electrons. The molecule has 25 aromatic rings. The van der Waals surface area contributed by atoms with Gasteiger partial charge in [0.25, 0.3) is 0 Å². The van der Waals surface area contributed by atoms with Gasteiger partial charge in [0.1, 0.15) is 0 Å². The summed E-state index contributed by atoms with van der Waals surface area (Å²) in [6.45, 7) is 0. The highest BCUT2D eigenvalue weighted by Gasteiger charge is 2.24. The highest BCUT2D eigenvalue weighted by atomic mass is 15.0. The minimum Gasteiger partial charge on any atom is -0.309 e. The molecular weight excluding hydrogens is 1580 g/mol. The second kappa shape index (κ2) is 32.6. The van der Waals surface area contributed by atoms with Crippen LogP contribution in [0.4, 0.5) is 0 Å². The smallest absolute Gasteiger partial charge is 0.160 e. The van der Waals surface area contributed by atoms with E-state index in [-0.39, 0.29) is 0 Å². The molecule has 0 saturated carbocycles. The molecule has 0 N–H and O–H groups in total. The normalized spacial score (nSPS) is 11.5. The molecule has 0 aliphatic carbocycles. The lowest BCUT2D eigenvalue weighted by atomic mass is 9.99. The number of fused-ring (bicyclic) bond motifs is 12. The molecule has 0 bridgehead atoms. The Balaban J connectivity index is 0.000000145. The Labute approximate surface area is 751 Å². The van der Waals surface area contributed by atoms with Crippen LogP contribution in [-0.2, 0) is 0 Å². The topological polar surface area (TPSA) is 71.3 Å². The van der Waals surface area contributed by atoms with Crippen molar-refractivity contribution >= 4 is 87.2 Å². The van der Waals surface area contributed by atoms with Crippen molar-refractivity contribution in [2.24, 2.45) is 0 Å². The number of hydrogen-bond donors (Lipinski definition) is 0. The molecule has 8 heteroatoms. The lowest BCUT2D eigenvalue weighted by Crippen LogP contribution is -2.00. The van der Waals surface area contributed by atoms with E-state index in [9.17, 15) is 0 Å². The minimum atomic E-state index is 0.658. The third-order valence-corrected chi connectivity index (χ3v) is 25.4. The third-order valence-electron chi connectivity index (χ3n) is 25.4. The van der Waals surface area contributed by atoms with Gasteiger partial charge >= 0.3 is 0 Å². The maximum Gasteiger partial charge on any atom is 0.160 e. The summed E-state index contributed by atoms with van der Waals surface area (Å²) in [5.74, 6) is 1.32. The minimum absolute atomic E-state index is 0.658. The van der Waals surface area contributed by atoms with Crippen molar-refractivity contribution in [3.63, 3.8) is 0 Å². The fourth-order valence-corrected chi connectivity index (χ4v) is 19.3. The molecule has 130 heavy (non-hydrogen) atoms. The van der Waals surface area contributed by atoms with E-state index < -0.39 is 0 Å². The van der Waals surface area contributed by atoms with Crippen LogP contribution in [0.5, 0.6) is 0 Å². The molecule has 25 rings (SSSR count). The second-order valence-electron chi connectivity index (χ2n) is 33.2. The van der Waals surface area contributed by atoms with E-state index in [0.717, 1.165) is 140 Å². The maximum atomic E-state index is 5.42. The van der Waals surface area contributed by atoms with Gasteiger partial charge < -0.3 is 18.3 Å². The van der Waals surface area contributed by atoms with Gasteiger partial charge in [0.05, 0.1) is 66.9 Å². The molecule has 6 aromatic heterocycles. The van der Waals surface area contributed by atoms with E-state index in [1.165, 1.54) is 81.8 Å². The number of nitrogens with zero attached hydrogens (tertiary/aromatic N) is 8. The molecule has 0 spiro atoms. The Morgan fingerprint density at radius 2 is 0.331 bits per heavy atom. The summed E-state index contributed by atoms with van der Waals surface area (Å²) in [7, 11) is 0. The fourth-order valence-electron chi connectivity index (χ4n) is 19.3. The standard InChI is InChI=1S/C64H42N4.C58H38N4/c1-4-16-43(17-5-1)46-28-32-48(33-29-46)58-42-59(49-34-30-47(31-35-49)44-18-6-2-7-19-44)66-64(65-58)51-38-50(45-20-8-3-9-21-45)39-53(40-51)68-62-27-15-12-24-56(62)57-41-52(36-37-63(57)68)67-60-25-13-10-22-54(60)55-23-11-14-26-61(55)67;1-4-17-39(18-5-1)42-23-16-24-43(33-42)53-38-52(41-21-8-3-9-22-41)59-58(60-53)45-34-44(40-19-6-2-7-20-40)35-47(36-45)62-56-30-15-12-27-50(56)51-37-46(31-32-57(51)62)61-54-28-13-10-25-48(54)49-26-11-14-29-55(49)61/h1-42H;1-38H. The molecule has 6 heterocycles. The van der Waals surface area contributed by atoms with E-state index in [2.05, 4.69) is 498 Å². The predicted molar refractivity (Wildman–Crippen MR) is 541 cm³/mol. The van der Waals surface area contributed by atoms with Gasteiger partial charge in [-0.15, -0.1) is 0 Å². The van der Waals surface area contributed by atoms with Crippen molar-refractivity contribution in [1.82, 2.24) is 38.2 Å². The van der Waals surface area contributed by atoms with E-state index in [1.54, 1.807) is 0 Å². The number of aromatic nitrogens is 8. The molecule has 0 amide bonds. The molecule has 608 valence electrons. The van der Waals surface area contributed by atoms with Gasteiger partial charge in [-0.3, -0.25) is 0 Å². The summed E-state index contributed by atoms with van der Waals surface area (Å²) in [5, 5.41) is 9.76. The first-order valence-corrected chi connectivity index (χ1v) is 44.2. The number of rotatable bonds is 15. The summed E-state index contributed by atoms with van der Waals surface area (Å²) in [6, 6.07) is 173. The highest BCUT2D eigenvalue weighted by Crippen LogP contribution is 2.44. The molecule has 0 saturated heterocycles. The van der Waals surface area contributed by atoms with Gasteiger partial charge in [-0.25, -0.2) is 19.9 Å². The van der Waals surface area contributed by atoms with Crippen LogP contribution in [0.25, 0.3) is 233 Å². The average molecular weight is 1660 g/mol. The first-order chi connectivity index (χ1) is 64.4. The van der Waals surface area contributed by atoms with E-state index >= 15 is 0 Å². The van der Waals surface area contributed by atoms with Crippen molar-refractivity contribution < 1.29 is 0 Å². The van der Waals surface area contributed by atoms with Crippen LogP contribution in [0.1, 0.15) is 0 Å². The molecule has 8 nitrogen and oxygen atoms in total. The summed E-state index contributed by atoms with van der Waals surface area (Å²) >= 11 is 0. The zero-order valence-electron chi connectivity index (χ0n) is 70.8. The molecule has 0 fully saturated rings. The van der Waals surface area contributed by atoms with Crippen molar-refractivity contribution in [1.29, 1.82) is 0 Å². The maximum absolute atomic E-state index is 5.42. The summed E-state index contributed by atoms with van der Waals surface area (Å²) < 4.78 is 9.61. The van der Waals surface area contributed by atoms with Gasteiger partial charge in [0, 0.05) is 99.2 Å². The number of benzene rings is 19. The van der Waals surface area contributed by atoms with Crippen molar-refractivity contribution in [3.05, 3.63) is 485 Å². The summed E-state index contributed by atoms with van der Waals surface area (Å²) in [6.07, 6.45) is 0. The van der Waals surface area contributed by atoms with Gasteiger partial charge in [-0.1, -0.05) is 358 Å². The van der Waals surface area contributed by atoms with Gasteiger partial charge in [-0.2, -0.15) is 0 Å². The third kappa shape index (κ3) is 13.9. The predicted octanol–water partition coefficient (Wildman–Crippen LogP) is 31.7. The first-order valence-electron chi connectivity index (χ1n) is 44.2. The van der Waals surface area contributed by atoms with E-state index in [4.69, 9.17) is 19.9 Å². The Hall–Kier alpha value is -17.5. The number of para-hydroxylation sites is 6. The summed E-state index contributed by atoms with van der Waals surface area (Å²) in [4.78, 5) is 21.5. The Kier molecular flexibility index (Phi) is 19.1. The molecular formula is C122H80N8. The Morgan fingerprint density at radius 1 is 0.115 bits per heavy atom. The molecule has 0 unspecified atom stereocenters. The molecule has 0 atom stereocenters. The second-order valence-corrected chi connectivity index (χ2v) is 33.2. The Morgan fingerprint density at radius 3 is 0.669 bits per heavy atom. The van der Waals surface area contributed by atoms with Crippen molar-refractivity contribution in [2.75, 3.05) is 0 Å². The molecule has 0 aliphatic rings. The zero-order valence-corrected chi connectivity index (χ0v) is 70.8. The van der Waals surface area contributed by atoms with E-state index in [1.807, 2.05) is 6.07 Å². The number of hydrogen-bond acceptors (Lipinski definition) is 4. The monoisotopic (exact) mass is 1660 g/mol. The van der Waals surface area contributed by atoms with Gasteiger partial charge in [0.15, 0.2) is 11.6 Å². The van der Waals surface area contributed by atoms with Gasteiger partial charge in [-0.05, 0) is 183 Å². The zero-order chi connectivity index (χ0) is 86.0. The van der Waals surface area contributed by atoms with Crippen LogP contribution in [0.2, 0.25) is 0 Å². The lowest BCUT2D eigenvalue weighted by Gasteiger charge is -2.15.